The van der Waals surface area contributed by atoms with Crippen molar-refractivity contribution in [1.29, 1.82) is 0 Å². The van der Waals surface area contributed by atoms with E-state index in [1.54, 1.807) is 0 Å². The number of ketones is 1. The number of Topliss-reactive ketones (excluding diaryl/α,β-unsaturated/α-hetero) is 1. The zero-order chi connectivity index (χ0) is 11.0. The average molecular weight is 217 g/mol. The summed E-state index contributed by atoms with van der Waals surface area (Å²) >= 11 is 0. The first-order valence-electron chi connectivity index (χ1n) is 6.48. The molecule has 86 valence electrons. The maximum atomic E-state index is 11.3. The molecule has 0 aromatic heterocycles. The number of carbonyl (C=O) groups excluding carboxylic acids is 1. The molecule has 2 aliphatic carbocycles. The highest BCUT2D eigenvalue weighted by Crippen LogP contribution is 2.42. The Labute approximate surface area is 97.0 Å². The van der Waals surface area contributed by atoms with Crippen molar-refractivity contribution in [2.45, 2.75) is 50.5 Å². The van der Waals surface area contributed by atoms with Crippen molar-refractivity contribution in [3.63, 3.8) is 0 Å². The van der Waals surface area contributed by atoms with Crippen molar-refractivity contribution >= 4 is 5.78 Å². The Morgan fingerprint density at radius 2 is 2.06 bits per heavy atom. The molecule has 0 spiro atoms. The van der Waals surface area contributed by atoms with E-state index in [0.29, 0.717) is 11.3 Å². The summed E-state index contributed by atoms with van der Waals surface area (Å²) < 4.78 is 0. The van der Waals surface area contributed by atoms with Gasteiger partial charge in [0.05, 0.1) is 0 Å². The molecule has 1 aliphatic heterocycles. The summed E-state index contributed by atoms with van der Waals surface area (Å²) in [6.07, 6.45) is 9.97. The molecular formula is C14H19NO. The Kier molecular flexibility index (Phi) is 2.49. The second-order valence-corrected chi connectivity index (χ2v) is 5.44. The second-order valence-electron chi connectivity index (χ2n) is 5.44. The lowest BCUT2D eigenvalue weighted by Gasteiger charge is -2.49. The van der Waals surface area contributed by atoms with Crippen LogP contribution in [0.4, 0.5) is 0 Å². The number of hydrogen-bond acceptors (Lipinski definition) is 2. The normalized spacial score (nSPS) is 35.0. The number of nitrogens with zero attached hydrogens (tertiary/aromatic N) is 1. The predicted molar refractivity (Wildman–Crippen MR) is 63.2 cm³/mol. The van der Waals surface area contributed by atoms with Gasteiger partial charge >= 0.3 is 0 Å². The van der Waals surface area contributed by atoms with E-state index in [0.717, 1.165) is 32.4 Å². The summed E-state index contributed by atoms with van der Waals surface area (Å²) in [6, 6.07) is 0. The third-order valence-electron chi connectivity index (χ3n) is 4.44. The second kappa shape index (κ2) is 3.87. The third kappa shape index (κ3) is 1.66. The van der Waals surface area contributed by atoms with Crippen LogP contribution in [-0.4, -0.2) is 29.3 Å². The van der Waals surface area contributed by atoms with Crippen LogP contribution in [0, 0.1) is 0 Å². The highest BCUT2D eigenvalue weighted by atomic mass is 16.1. The lowest BCUT2D eigenvalue weighted by Crippen LogP contribution is -2.53. The minimum absolute atomic E-state index is 0.361. The molecular weight excluding hydrogens is 198 g/mol. The van der Waals surface area contributed by atoms with Gasteiger partial charge in [-0.25, -0.2) is 0 Å². The number of rotatable bonds is 1. The van der Waals surface area contributed by atoms with Gasteiger partial charge in [-0.3, -0.25) is 9.69 Å². The van der Waals surface area contributed by atoms with E-state index in [1.165, 1.54) is 31.3 Å². The number of hydrogen-bond donors (Lipinski definition) is 0. The summed E-state index contributed by atoms with van der Waals surface area (Å²) in [5, 5.41) is 0. The minimum atomic E-state index is 0.361. The van der Waals surface area contributed by atoms with Crippen molar-refractivity contribution < 1.29 is 4.79 Å². The van der Waals surface area contributed by atoms with Crippen LogP contribution in [0.1, 0.15) is 44.9 Å². The first kappa shape index (κ1) is 10.3. The predicted octanol–water partition coefficient (Wildman–Crippen LogP) is 2.45. The molecule has 1 saturated heterocycles. The van der Waals surface area contributed by atoms with Crippen LogP contribution in [0.25, 0.3) is 0 Å². The first-order chi connectivity index (χ1) is 7.78. The molecule has 16 heavy (non-hydrogen) atoms. The van der Waals surface area contributed by atoms with Crippen molar-refractivity contribution in [3.8, 4) is 0 Å². The molecule has 0 aromatic carbocycles. The van der Waals surface area contributed by atoms with Crippen molar-refractivity contribution in [2.24, 2.45) is 0 Å². The van der Waals surface area contributed by atoms with E-state index in [9.17, 15) is 4.79 Å². The first-order valence-corrected chi connectivity index (χ1v) is 6.48. The Bertz CT molecular complexity index is 368. The molecule has 0 aromatic rings. The van der Waals surface area contributed by atoms with Gasteiger partial charge in [0, 0.05) is 31.5 Å². The monoisotopic (exact) mass is 217 g/mol. The van der Waals surface area contributed by atoms with Crippen LogP contribution in [0.3, 0.4) is 0 Å². The van der Waals surface area contributed by atoms with Crippen LogP contribution in [0.15, 0.2) is 17.4 Å². The van der Waals surface area contributed by atoms with E-state index in [2.05, 4.69) is 16.7 Å². The van der Waals surface area contributed by atoms with Gasteiger partial charge in [-0.05, 0) is 43.8 Å². The molecule has 2 heteroatoms. The molecule has 1 unspecified atom stereocenters. The summed E-state index contributed by atoms with van der Waals surface area (Å²) in [5.74, 6) is 0.450. The van der Waals surface area contributed by atoms with Gasteiger partial charge in [0.15, 0.2) is 0 Å². The van der Waals surface area contributed by atoms with Crippen LogP contribution in [0.2, 0.25) is 0 Å². The lowest BCUT2D eigenvalue weighted by atomic mass is 9.73. The van der Waals surface area contributed by atoms with Crippen LogP contribution < -0.4 is 0 Å². The zero-order valence-corrected chi connectivity index (χ0v) is 9.80. The van der Waals surface area contributed by atoms with E-state index >= 15 is 0 Å². The Morgan fingerprint density at radius 3 is 2.88 bits per heavy atom. The molecule has 0 N–H and O–H groups in total. The molecule has 1 saturated carbocycles. The molecule has 0 amide bonds. The maximum Gasteiger partial charge on any atom is 0.135 e. The molecule has 0 radical (unpaired) electrons. The lowest BCUT2D eigenvalue weighted by molar-refractivity contribution is -0.123. The van der Waals surface area contributed by atoms with Crippen LogP contribution in [-0.2, 0) is 4.79 Å². The number of piperidine rings is 1. The largest absolute Gasteiger partial charge is 0.300 e. The zero-order valence-electron chi connectivity index (χ0n) is 9.80. The van der Waals surface area contributed by atoms with Gasteiger partial charge < -0.3 is 0 Å². The number of likely N-dealkylation sites (tertiary alicyclic amines) is 1. The van der Waals surface area contributed by atoms with Gasteiger partial charge in [0.2, 0.25) is 0 Å². The highest BCUT2D eigenvalue weighted by Gasteiger charge is 2.40. The van der Waals surface area contributed by atoms with E-state index in [1.807, 2.05) is 0 Å². The van der Waals surface area contributed by atoms with Gasteiger partial charge in [0.25, 0.3) is 0 Å². The molecule has 3 rings (SSSR count). The summed E-state index contributed by atoms with van der Waals surface area (Å²) in [4.78, 5) is 13.9. The quantitative estimate of drug-likeness (QED) is 0.629. The van der Waals surface area contributed by atoms with Gasteiger partial charge in [0.1, 0.15) is 5.78 Å². The number of fused-ring (bicyclic) bond motifs is 2. The average Bonchev–Trinajstić information content (AvgIpc) is 2.30. The van der Waals surface area contributed by atoms with Crippen LogP contribution in [0.5, 0.6) is 0 Å². The van der Waals surface area contributed by atoms with Crippen LogP contribution >= 0.6 is 0 Å². The summed E-state index contributed by atoms with van der Waals surface area (Å²) in [6.45, 7) is 1.97. The Balaban J connectivity index is 1.79. The van der Waals surface area contributed by atoms with E-state index in [-0.39, 0.29) is 0 Å². The highest BCUT2D eigenvalue weighted by molar-refractivity contribution is 5.79. The third-order valence-corrected chi connectivity index (χ3v) is 4.44. The summed E-state index contributed by atoms with van der Waals surface area (Å²) in [5.41, 5.74) is 5.29. The summed E-state index contributed by atoms with van der Waals surface area (Å²) in [7, 11) is 0. The van der Waals surface area contributed by atoms with E-state index < -0.39 is 0 Å². The fourth-order valence-corrected chi connectivity index (χ4v) is 3.52. The molecule has 2 nitrogen and oxygen atoms in total. The molecule has 2 fully saturated rings. The number of carbonyl (C=O) groups is 1. The standard InChI is InChI=1S/C14H19NO/c16-13-5-9-15(10-6-13)14-7-1-3-12(11-14)4-2-8-14/h1H,2,4-11H2. The Hall–Kier alpha value is -0.850. The molecule has 1 heterocycles. The minimum Gasteiger partial charge on any atom is -0.300 e. The fraction of sp³-hybridized carbons (Fsp3) is 0.714. The Morgan fingerprint density at radius 1 is 1.25 bits per heavy atom. The van der Waals surface area contributed by atoms with Crippen molar-refractivity contribution in [2.75, 3.05) is 13.1 Å². The fourth-order valence-electron chi connectivity index (χ4n) is 3.52. The maximum absolute atomic E-state index is 11.3. The van der Waals surface area contributed by atoms with Gasteiger partial charge in [-0.15, -0.1) is 5.73 Å². The SMILES string of the molecule is O=C1CCN(C23CC=C=C(CCC2)C3)CC1. The van der Waals surface area contributed by atoms with E-state index in [4.69, 9.17) is 0 Å². The van der Waals surface area contributed by atoms with Gasteiger partial charge in [-0.2, -0.15) is 0 Å². The molecule has 3 aliphatic rings. The van der Waals surface area contributed by atoms with Gasteiger partial charge in [-0.1, -0.05) is 0 Å². The smallest absolute Gasteiger partial charge is 0.135 e. The topological polar surface area (TPSA) is 20.3 Å². The molecule has 1 atom stereocenters. The van der Waals surface area contributed by atoms with Crippen molar-refractivity contribution in [3.05, 3.63) is 17.4 Å². The van der Waals surface area contributed by atoms with Crippen molar-refractivity contribution in [1.82, 2.24) is 4.90 Å². The molecule has 2 bridgehead atoms.